The fourth-order valence-electron chi connectivity index (χ4n) is 3.00. The van der Waals surface area contributed by atoms with E-state index in [0.717, 1.165) is 18.4 Å². The summed E-state index contributed by atoms with van der Waals surface area (Å²) >= 11 is -2.32. The number of anilines is 1. The Hall–Kier alpha value is -1.44. The topological polar surface area (TPSA) is 81.7 Å². The Morgan fingerprint density at radius 1 is 1.30 bits per heavy atom. The normalized spacial score (nSPS) is 17.0. The maximum atomic E-state index is 11.7. The van der Waals surface area contributed by atoms with Crippen LogP contribution in [0.15, 0.2) is 24.3 Å². The summed E-state index contributed by atoms with van der Waals surface area (Å²) in [5, 5.41) is 0. The smallest absolute Gasteiger partial charge is 0.319 e. The van der Waals surface area contributed by atoms with Gasteiger partial charge in [0.05, 0.1) is 13.7 Å². The van der Waals surface area contributed by atoms with Gasteiger partial charge in [-0.1, -0.05) is 31.4 Å². The summed E-state index contributed by atoms with van der Waals surface area (Å²) in [4.78, 5) is 13.9. The van der Waals surface area contributed by atoms with Crippen molar-refractivity contribution in [3.8, 4) is 0 Å². The lowest BCUT2D eigenvalue weighted by Crippen LogP contribution is -2.40. The van der Waals surface area contributed by atoms with Crippen molar-refractivity contribution in [2.45, 2.75) is 44.7 Å². The van der Waals surface area contributed by atoms with E-state index in [2.05, 4.69) is 9.62 Å². The van der Waals surface area contributed by atoms with Crippen molar-refractivity contribution < 1.29 is 18.3 Å². The fraction of sp³-hybridized carbons (Fsp3) is 0.562. The van der Waals surface area contributed by atoms with Gasteiger partial charge in [-0.2, -0.15) is 0 Å². The summed E-state index contributed by atoms with van der Waals surface area (Å²) in [6.45, 7) is 0.937. The van der Waals surface area contributed by atoms with Crippen LogP contribution in [0.2, 0.25) is 0 Å². The Kier molecular flexibility index (Phi) is 7.01. The van der Waals surface area contributed by atoms with E-state index in [1.54, 1.807) is 12.1 Å². The molecule has 1 aliphatic rings. The van der Waals surface area contributed by atoms with Crippen LogP contribution in [0, 0.1) is 0 Å². The molecule has 1 fully saturated rings. The van der Waals surface area contributed by atoms with Gasteiger partial charge in [-0.3, -0.25) is 13.9 Å². The van der Waals surface area contributed by atoms with E-state index in [4.69, 9.17) is 4.74 Å². The molecule has 1 aromatic carbocycles. The van der Waals surface area contributed by atoms with E-state index in [1.807, 2.05) is 12.1 Å². The van der Waals surface area contributed by atoms with Crippen molar-refractivity contribution in [1.29, 1.82) is 0 Å². The molecule has 0 bridgehead atoms. The van der Waals surface area contributed by atoms with Gasteiger partial charge in [0.15, 0.2) is 0 Å². The number of methoxy groups -OCH3 is 1. The van der Waals surface area contributed by atoms with Gasteiger partial charge < -0.3 is 14.0 Å². The molecule has 128 valence electrons. The SMILES string of the molecule is COC(=O)CN(Cc1ccc(NS(=O)[O-])cc1)C1CCCCC1. The second-order valence-corrected chi connectivity index (χ2v) is 6.48. The van der Waals surface area contributed by atoms with Gasteiger partial charge in [0.25, 0.3) is 0 Å². The van der Waals surface area contributed by atoms with Crippen molar-refractivity contribution in [1.82, 2.24) is 4.90 Å². The predicted molar refractivity (Wildman–Crippen MR) is 88.3 cm³/mol. The third-order valence-corrected chi connectivity index (χ3v) is 4.59. The lowest BCUT2D eigenvalue weighted by Gasteiger charge is -2.33. The van der Waals surface area contributed by atoms with Gasteiger partial charge in [-0.15, -0.1) is 0 Å². The molecule has 0 spiro atoms. The Balaban J connectivity index is 2.03. The summed E-state index contributed by atoms with van der Waals surface area (Å²) < 4.78 is 28.4. The van der Waals surface area contributed by atoms with Crippen molar-refractivity contribution in [2.75, 3.05) is 18.4 Å². The van der Waals surface area contributed by atoms with E-state index < -0.39 is 11.3 Å². The molecule has 7 heteroatoms. The maximum absolute atomic E-state index is 11.7. The summed E-state index contributed by atoms with van der Waals surface area (Å²) in [5.74, 6) is -0.226. The zero-order chi connectivity index (χ0) is 16.7. The van der Waals surface area contributed by atoms with Gasteiger partial charge in [-0.05, 0) is 30.5 Å². The Morgan fingerprint density at radius 3 is 2.52 bits per heavy atom. The number of carbonyl (C=O) groups is 1. The van der Waals surface area contributed by atoms with Gasteiger partial charge in [-0.25, -0.2) is 0 Å². The molecule has 6 nitrogen and oxygen atoms in total. The molecule has 0 heterocycles. The third-order valence-electron chi connectivity index (χ3n) is 4.19. The molecular formula is C16H23N2O4S-. The molecule has 1 unspecified atom stereocenters. The van der Waals surface area contributed by atoms with Crippen LogP contribution in [0.1, 0.15) is 37.7 Å². The van der Waals surface area contributed by atoms with E-state index in [0.29, 0.717) is 18.3 Å². The molecule has 0 aliphatic heterocycles. The largest absolute Gasteiger partial charge is 0.755 e. The monoisotopic (exact) mass is 339 g/mol. The van der Waals surface area contributed by atoms with E-state index in [1.165, 1.54) is 26.4 Å². The number of carbonyl (C=O) groups excluding carboxylic acids is 1. The van der Waals surface area contributed by atoms with Crippen LogP contribution in [0.4, 0.5) is 5.69 Å². The standard InChI is InChI=1S/C16H24N2O4S/c1-22-16(19)12-18(15-5-3-2-4-6-15)11-13-7-9-14(10-8-13)17-23(20)21/h7-10,15,17H,2-6,11-12H2,1H3,(H,20,21)/p-1. The molecule has 1 aliphatic carbocycles. The molecule has 0 amide bonds. The highest BCUT2D eigenvalue weighted by atomic mass is 32.2. The molecule has 0 saturated heterocycles. The zero-order valence-electron chi connectivity index (χ0n) is 13.3. The van der Waals surface area contributed by atoms with E-state index in [-0.39, 0.29) is 12.5 Å². The molecule has 0 radical (unpaired) electrons. The van der Waals surface area contributed by atoms with Crippen LogP contribution in [-0.4, -0.2) is 39.3 Å². The molecule has 1 aromatic rings. The second-order valence-electron chi connectivity index (χ2n) is 5.81. The first-order chi connectivity index (χ1) is 11.1. The number of nitrogens with one attached hydrogen (secondary N) is 1. The summed E-state index contributed by atoms with van der Waals surface area (Å²) in [7, 11) is 1.41. The van der Waals surface area contributed by atoms with Crippen LogP contribution < -0.4 is 4.72 Å². The number of hydrogen-bond donors (Lipinski definition) is 1. The molecule has 1 N–H and O–H groups in total. The van der Waals surface area contributed by atoms with Crippen molar-refractivity contribution in [2.24, 2.45) is 0 Å². The first-order valence-electron chi connectivity index (χ1n) is 7.84. The Labute approximate surface area is 139 Å². The summed E-state index contributed by atoms with van der Waals surface area (Å²) in [6.07, 6.45) is 5.86. The number of hydrogen-bond acceptors (Lipinski definition) is 5. The van der Waals surface area contributed by atoms with Crippen LogP contribution >= 0.6 is 0 Å². The third kappa shape index (κ3) is 5.93. The number of rotatable bonds is 7. The average Bonchev–Trinajstić information content (AvgIpc) is 2.56. The minimum absolute atomic E-state index is 0.226. The summed E-state index contributed by atoms with van der Waals surface area (Å²) in [6, 6.07) is 7.60. The Morgan fingerprint density at radius 2 is 1.96 bits per heavy atom. The van der Waals surface area contributed by atoms with Crippen molar-refractivity contribution in [3.63, 3.8) is 0 Å². The fourth-order valence-corrected chi connectivity index (χ4v) is 3.33. The van der Waals surface area contributed by atoms with Crippen LogP contribution in [-0.2, 0) is 27.3 Å². The summed E-state index contributed by atoms with van der Waals surface area (Å²) in [5.41, 5.74) is 1.57. The van der Waals surface area contributed by atoms with Gasteiger partial charge in [0.1, 0.15) is 0 Å². The van der Waals surface area contributed by atoms with E-state index in [9.17, 15) is 13.6 Å². The van der Waals surface area contributed by atoms with Crippen LogP contribution in [0.25, 0.3) is 0 Å². The quantitative estimate of drug-likeness (QED) is 0.608. The first-order valence-corrected chi connectivity index (χ1v) is 8.91. The molecule has 1 atom stereocenters. The number of esters is 1. The maximum Gasteiger partial charge on any atom is 0.319 e. The highest BCUT2D eigenvalue weighted by Gasteiger charge is 2.23. The molecule has 23 heavy (non-hydrogen) atoms. The molecule has 0 aromatic heterocycles. The highest BCUT2D eigenvalue weighted by molar-refractivity contribution is 7.80. The van der Waals surface area contributed by atoms with Crippen molar-refractivity contribution >= 4 is 22.9 Å². The highest BCUT2D eigenvalue weighted by Crippen LogP contribution is 2.24. The lowest BCUT2D eigenvalue weighted by molar-refractivity contribution is -0.142. The van der Waals surface area contributed by atoms with Gasteiger partial charge >= 0.3 is 5.97 Å². The lowest BCUT2D eigenvalue weighted by atomic mass is 9.94. The zero-order valence-corrected chi connectivity index (χ0v) is 14.1. The van der Waals surface area contributed by atoms with Crippen LogP contribution in [0.3, 0.4) is 0 Å². The van der Waals surface area contributed by atoms with E-state index >= 15 is 0 Å². The molecule has 1 saturated carbocycles. The second kappa shape index (κ2) is 9.00. The minimum atomic E-state index is -2.32. The molecular weight excluding hydrogens is 316 g/mol. The predicted octanol–water partition coefficient (Wildman–Crippen LogP) is 2.20. The minimum Gasteiger partial charge on any atom is -0.755 e. The average molecular weight is 339 g/mol. The molecule has 2 rings (SSSR count). The van der Waals surface area contributed by atoms with Crippen LogP contribution in [0.5, 0.6) is 0 Å². The number of benzene rings is 1. The first kappa shape index (κ1) is 17.9. The van der Waals surface area contributed by atoms with Crippen molar-refractivity contribution in [3.05, 3.63) is 29.8 Å². The van der Waals surface area contributed by atoms with Gasteiger partial charge in [0.2, 0.25) is 0 Å². The number of nitrogens with zero attached hydrogens (tertiary/aromatic N) is 1. The van der Waals surface area contributed by atoms with Gasteiger partial charge in [0, 0.05) is 29.5 Å². The Bertz CT molecular complexity index is 529. The number of ether oxygens (including phenoxy) is 1.